The molecule has 0 radical (unpaired) electrons. The Labute approximate surface area is 97.2 Å². The smallest absolute Gasteiger partial charge is 0.100 e. The normalized spacial score (nSPS) is 8.00. The van der Waals surface area contributed by atoms with E-state index < -0.39 is 6.10 Å². The Bertz CT molecular complexity index is 59.3. The van der Waals surface area contributed by atoms with E-state index in [9.17, 15) is 0 Å². The van der Waals surface area contributed by atoms with Gasteiger partial charge in [-0.1, -0.05) is 55.9 Å². The maximum absolute atomic E-state index is 8.17. The molecule has 0 saturated carbocycles. The summed E-state index contributed by atoms with van der Waals surface area (Å²) in [6.45, 7) is 6.01. The fourth-order valence-electron chi connectivity index (χ4n) is 0.346. The highest BCUT2D eigenvalue weighted by atomic mass is 16.3. The molecule has 0 heterocycles. The van der Waals surface area contributed by atoms with Crippen LogP contribution in [0.25, 0.3) is 0 Å². The summed E-state index contributed by atoms with van der Waals surface area (Å²) in [5.41, 5.74) is 0. The molecule has 0 fully saturated rings. The fraction of sp³-hybridized carbons (Fsp3) is 1.00. The van der Waals surface area contributed by atoms with Gasteiger partial charge in [-0.3, -0.25) is 0 Å². The van der Waals surface area contributed by atoms with Gasteiger partial charge < -0.3 is 15.3 Å². The minimum absolute atomic E-state index is 0. The Kier molecular flexibility index (Phi) is 46.2. The third-order valence-electron chi connectivity index (χ3n) is 1.82. The van der Waals surface area contributed by atoms with Crippen LogP contribution >= 0.6 is 0 Å². The van der Waals surface area contributed by atoms with Gasteiger partial charge in [0.25, 0.3) is 0 Å². The van der Waals surface area contributed by atoms with Gasteiger partial charge in [-0.2, -0.15) is 0 Å². The van der Waals surface area contributed by atoms with Crippen LogP contribution in [0.15, 0.2) is 0 Å². The van der Waals surface area contributed by atoms with Crippen molar-refractivity contribution in [3.05, 3.63) is 0 Å². The van der Waals surface area contributed by atoms with Gasteiger partial charge in [0.2, 0.25) is 0 Å². The molecule has 0 aromatic heterocycles. The second-order valence-electron chi connectivity index (χ2n) is 2.94. The third kappa shape index (κ3) is 31.5. The molecule has 0 atom stereocenters. The lowest BCUT2D eigenvalue weighted by molar-refractivity contribution is 0.0450. The first-order valence-corrected chi connectivity index (χ1v) is 4.52. The van der Waals surface area contributed by atoms with Crippen LogP contribution < -0.4 is 0 Å². The van der Waals surface area contributed by atoms with E-state index in [-0.39, 0.29) is 35.5 Å². The summed E-state index contributed by atoms with van der Waals surface area (Å²) in [5, 5.41) is 24.0. The van der Waals surface area contributed by atoms with Crippen LogP contribution in [0, 0.1) is 5.92 Å². The molecule has 0 saturated heterocycles. The Balaban J connectivity index is -0.0000000370. The lowest BCUT2D eigenvalue weighted by Gasteiger charge is -1.98. The van der Waals surface area contributed by atoms with Crippen molar-refractivity contribution in [1.82, 2.24) is 0 Å². The Hall–Kier alpha value is -0.120. The number of rotatable bonds is 4. The average Bonchev–Trinajstić information content (AvgIpc) is 2.16. The molecule has 3 nitrogen and oxygen atoms in total. The van der Waals surface area contributed by atoms with Crippen molar-refractivity contribution in [1.29, 1.82) is 0 Å². The zero-order valence-electron chi connectivity index (χ0n) is 8.32. The van der Waals surface area contributed by atoms with Crippen molar-refractivity contribution < 1.29 is 15.3 Å². The van der Waals surface area contributed by atoms with Crippen molar-refractivity contribution in [2.24, 2.45) is 5.92 Å². The molecule has 0 aliphatic rings. The molecule has 0 spiro atoms. The average molecular weight is 226 g/mol. The predicted molar refractivity (Wildman–Crippen MR) is 70.1 cm³/mol. The van der Waals surface area contributed by atoms with Crippen LogP contribution in [0.1, 0.15) is 55.9 Å². The Morgan fingerprint density at radius 3 is 1.13 bits per heavy atom. The van der Waals surface area contributed by atoms with Gasteiger partial charge in [0.1, 0.15) is 6.10 Å². The highest BCUT2D eigenvalue weighted by Crippen LogP contribution is 2.02. The van der Waals surface area contributed by atoms with E-state index in [0.717, 1.165) is 5.92 Å². The molecule has 0 unspecified atom stereocenters. The first kappa shape index (κ1) is 29.4. The van der Waals surface area contributed by atoms with E-state index in [1.807, 2.05) is 0 Å². The van der Waals surface area contributed by atoms with Gasteiger partial charge in [-0.15, -0.1) is 0 Å². The SMILES string of the molecule is C.C.C.CCC(C)CC.OCC(O)CO. The monoisotopic (exact) mass is 226 g/mol. The van der Waals surface area contributed by atoms with E-state index in [1.54, 1.807) is 0 Å². The molecular weight excluding hydrogens is 192 g/mol. The Morgan fingerprint density at radius 2 is 1.13 bits per heavy atom. The van der Waals surface area contributed by atoms with Crippen LogP contribution in [0.3, 0.4) is 0 Å². The highest BCUT2D eigenvalue weighted by molar-refractivity contribution is 4.44. The quantitative estimate of drug-likeness (QED) is 0.690. The summed E-state index contributed by atoms with van der Waals surface area (Å²) in [5.74, 6) is 0.935. The molecule has 0 aliphatic carbocycles. The van der Waals surface area contributed by atoms with Gasteiger partial charge in [0.05, 0.1) is 13.2 Å². The summed E-state index contributed by atoms with van der Waals surface area (Å²) in [6.07, 6.45) is 1.71. The molecule has 0 rings (SSSR count). The number of aliphatic hydroxyl groups excluding tert-OH is 3. The molecule has 3 heteroatoms. The standard InChI is InChI=1S/C6H14.C3H8O3.3CH4/c1-4-6(3)5-2;4-1-3(6)2-5;;;/h6H,4-5H2,1-3H3;3-6H,1-2H2;3*1H4. The summed E-state index contributed by atoms with van der Waals surface area (Å²) < 4.78 is 0. The summed E-state index contributed by atoms with van der Waals surface area (Å²) in [4.78, 5) is 0. The fourth-order valence-corrected chi connectivity index (χ4v) is 0.346. The highest BCUT2D eigenvalue weighted by Gasteiger charge is 1.93. The first-order valence-electron chi connectivity index (χ1n) is 4.52. The molecule has 15 heavy (non-hydrogen) atoms. The van der Waals surface area contributed by atoms with Crippen molar-refractivity contribution in [3.8, 4) is 0 Å². The van der Waals surface area contributed by atoms with Crippen molar-refractivity contribution >= 4 is 0 Å². The van der Waals surface area contributed by atoms with Crippen LogP contribution in [0.5, 0.6) is 0 Å². The molecular formula is C12H34O3. The molecule has 100 valence electrons. The van der Waals surface area contributed by atoms with Crippen molar-refractivity contribution in [2.45, 2.75) is 62.0 Å². The van der Waals surface area contributed by atoms with Gasteiger partial charge in [0, 0.05) is 0 Å². The lowest BCUT2D eigenvalue weighted by atomic mass is 10.1. The van der Waals surface area contributed by atoms with Crippen LogP contribution in [-0.2, 0) is 0 Å². The summed E-state index contributed by atoms with van der Waals surface area (Å²) >= 11 is 0. The summed E-state index contributed by atoms with van der Waals surface area (Å²) in [6, 6.07) is 0. The number of hydrogen-bond acceptors (Lipinski definition) is 3. The zero-order chi connectivity index (χ0) is 9.98. The molecule has 3 N–H and O–H groups in total. The van der Waals surface area contributed by atoms with Crippen LogP contribution in [-0.4, -0.2) is 34.6 Å². The molecule has 0 aliphatic heterocycles. The van der Waals surface area contributed by atoms with E-state index in [0.29, 0.717) is 0 Å². The zero-order valence-corrected chi connectivity index (χ0v) is 8.32. The minimum Gasteiger partial charge on any atom is -0.394 e. The number of hydrogen-bond donors (Lipinski definition) is 3. The van der Waals surface area contributed by atoms with Gasteiger partial charge in [-0.05, 0) is 5.92 Å². The van der Waals surface area contributed by atoms with E-state index in [2.05, 4.69) is 20.8 Å². The van der Waals surface area contributed by atoms with Crippen LogP contribution in [0.4, 0.5) is 0 Å². The maximum Gasteiger partial charge on any atom is 0.100 e. The second-order valence-corrected chi connectivity index (χ2v) is 2.94. The van der Waals surface area contributed by atoms with Crippen molar-refractivity contribution in [2.75, 3.05) is 13.2 Å². The van der Waals surface area contributed by atoms with Crippen molar-refractivity contribution in [3.63, 3.8) is 0 Å². The second kappa shape index (κ2) is 23.6. The van der Waals surface area contributed by atoms with Crippen LogP contribution in [0.2, 0.25) is 0 Å². The molecule has 0 aromatic rings. The van der Waals surface area contributed by atoms with E-state index in [4.69, 9.17) is 15.3 Å². The number of aliphatic hydroxyl groups is 3. The van der Waals surface area contributed by atoms with Gasteiger partial charge in [0.15, 0.2) is 0 Å². The molecule has 0 bridgehead atoms. The molecule has 0 amide bonds. The van der Waals surface area contributed by atoms with Gasteiger partial charge in [-0.25, -0.2) is 0 Å². The lowest BCUT2D eigenvalue weighted by Crippen LogP contribution is -2.15. The first-order chi connectivity index (χ1) is 5.62. The maximum atomic E-state index is 8.17. The largest absolute Gasteiger partial charge is 0.394 e. The minimum atomic E-state index is -0.954. The third-order valence-corrected chi connectivity index (χ3v) is 1.82. The summed E-state index contributed by atoms with van der Waals surface area (Å²) in [7, 11) is 0. The van der Waals surface area contributed by atoms with Gasteiger partial charge >= 0.3 is 0 Å². The topological polar surface area (TPSA) is 60.7 Å². The Morgan fingerprint density at radius 1 is 0.867 bits per heavy atom. The van der Waals surface area contributed by atoms with E-state index in [1.165, 1.54) is 12.8 Å². The van der Waals surface area contributed by atoms with E-state index >= 15 is 0 Å². The molecule has 0 aromatic carbocycles. The predicted octanol–water partition coefficient (Wildman–Crippen LogP) is 2.68.